The summed E-state index contributed by atoms with van der Waals surface area (Å²) in [6.07, 6.45) is 3.60. The summed E-state index contributed by atoms with van der Waals surface area (Å²) in [5, 5.41) is 4.43. The van der Waals surface area contributed by atoms with Crippen molar-refractivity contribution in [3.63, 3.8) is 0 Å². The second-order valence-corrected chi connectivity index (χ2v) is 10.1. The molecule has 9 nitrogen and oxygen atoms in total. The van der Waals surface area contributed by atoms with Gasteiger partial charge < -0.3 is 18.9 Å². The van der Waals surface area contributed by atoms with Gasteiger partial charge in [0.2, 0.25) is 5.95 Å². The number of rotatable bonds is 7. The Kier molecular flexibility index (Phi) is 7.97. The van der Waals surface area contributed by atoms with E-state index in [4.69, 9.17) is 18.8 Å². The van der Waals surface area contributed by atoms with Crippen molar-refractivity contribution in [1.82, 2.24) is 15.1 Å². The molecule has 2 aliphatic heterocycles. The van der Waals surface area contributed by atoms with Gasteiger partial charge in [0.25, 0.3) is 0 Å². The first-order chi connectivity index (χ1) is 18.8. The van der Waals surface area contributed by atoms with Gasteiger partial charge in [-0.3, -0.25) is 0 Å². The van der Waals surface area contributed by atoms with Gasteiger partial charge in [0.05, 0.1) is 19.8 Å². The first-order valence-electron chi connectivity index (χ1n) is 13.1. The van der Waals surface area contributed by atoms with Crippen LogP contribution in [-0.4, -0.2) is 52.7 Å². The topological polar surface area (TPSA) is 108 Å². The van der Waals surface area contributed by atoms with Crippen molar-refractivity contribution >= 4 is 18.2 Å². The molecule has 2 bridgehead atoms. The lowest BCUT2D eigenvalue weighted by molar-refractivity contribution is 0.0144. The first kappa shape index (κ1) is 26.9. The number of carbonyl (C=O) groups excluding carboxylic acids is 2. The number of carbonyl (C=O) groups is 2. The fraction of sp³-hybridized carbons (Fsp3) is 0.464. The molecule has 0 radical (unpaired) electrons. The summed E-state index contributed by atoms with van der Waals surface area (Å²) in [6, 6.07) is 12.5. The maximum absolute atomic E-state index is 12.1. The van der Waals surface area contributed by atoms with Crippen LogP contribution in [0.25, 0.3) is 11.3 Å². The van der Waals surface area contributed by atoms with Crippen molar-refractivity contribution in [1.29, 1.82) is 0 Å². The number of nitrogens with zero attached hydrogens (tertiary/aromatic N) is 4. The van der Waals surface area contributed by atoms with Gasteiger partial charge in [-0.2, -0.15) is 0 Å². The van der Waals surface area contributed by atoms with Gasteiger partial charge in [-0.25, -0.2) is 19.6 Å². The number of esters is 1. The van der Waals surface area contributed by atoms with E-state index in [2.05, 4.69) is 32.2 Å². The highest BCUT2D eigenvalue weighted by molar-refractivity contribution is 5.87. The average Bonchev–Trinajstić information content (AvgIpc) is 3.62. The van der Waals surface area contributed by atoms with E-state index >= 15 is 0 Å². The predicted molar refractivity (Wildman–Crippen MR) is 137 cm³/mol. The molecule has 0 amide bonds. The Morgan fingerprint density at radius 2 is 1.72 bits per heavy atom. The molecule has 3 atom stereocenters. The van der Waals surface area contributed by atoms with E-state index in [9.17, 15) is 13.6 Å². The molecule has 4 heterocycles. The lowest BCUT2D eigenvalue weighted by atomic mass is 9.99. The number of aromatic nitrogens is 3. The third-order valence-corrected chi connectivity index (χ3v) is 7.44. The largest absolute Gasteiger partial charge is 0.483 e. The van der Waals surface area contributed by atoms with Crippen molar-refractivity contribution in [3.8, 4) is 11.3 Å². The van der Waals surface area contributed by atoms with Crippen LogP contribution in [0, 0.1) is 6.92 Å². The smallest absolute Gasteiger partial charge is 0.464 e. The number of fused-ring (bicyclic) bond motifs is 2. The summed E-state index contributed by atoms with van der Waals surface area (Å²) in [6.45, 7) is 2.40. The molecule has 0 N–H and O–H groups in total. The van der Waals surface area contributed by atoms with E-state index in [1.54, 1.807) is 6.07 Å². The quantitative estimate of drug-likeness (QED) is 0.269. The number of methoxy groups -OCH3 is 1. The number of piperidine rings is 1. The number of halogens is 2. The monoisotopic (exact) mass is 540 g/mol. The van der Waals surface area contributed by atoms with Crippen LogP contribution >= 0.6 is 0 Å². The van der Waals surface area contributed by atoms with Gasteiger partial charge in [0.15, 0.2) is 5.69 Å². The van der Waals surface area contributed by atoms with E-state index in [0.717, 1.165) is 66.8 Å². The zero-order valence-electron chi connectivity index (χ0n) is 21.8. The van der Waals surface area contributed by atoms with Crippen LogP contribution in [0.3, 0.4) is 0 Å². The normalized spacial score (nSPS) is 21.7. The van der Waals surface area contributed by atoms with Crippen LogP contribution in [0.5, 0.6) is 0 Å². The summed E-state index contributed by atoms with van der Waals surface area (Å²) in [5.41, 5.74) is 4.13. The Morgan fingerprint density at radius 1 is 1.05 bits per heavy atom. The van der Waals surface area contributed by atoms with Crippen molar-refractivity contribution in [2.75, 3.05) is 12.0 Å². The zero-order valence-corrected chi connectivity index (χ0v) is 21.8. The Labute approximate surface area is 224 Å². The molecule has 1 aromatic carbocycles. The van der Waals surface area contributed by atoms with Crippen LogP contribution in [-0.2, 0) is 16.1 Å². The molecule has 39 heavy (non-hydrogen) atoms. The molecule has 3 aliphatic rings. The number of hydrogen-bond donors (Lipinski definition) is 0. The van der Waals surface area contributed by atoms with Crippen LogP contribution in [0.2, 0.25) is 0 Å². The Morgan fingerprint density at radius 3 is 2.33 bits per heavy atom. The molecular formula is C28H30F2N4O5. The minimum Gasteiger partial charge on any atom is -0.464 e. The third kappa shape index (κ3) is 6.13. The summed E-state index contributed by atoms with van der Waals surface area (Å²) < 4.78 is 36.6. The molecule has 3 fully saturated rings. The lowest BCUT2D eigenvalue weighted by Gasteiger charge is -2.39. The minimum atomic E-state index is -2.83. The molecule has 1 aliphatic carbocycles. The van der Waals surface area contributed by atoms with Gasteiger partial charge in [-0.15, -0.1) is 8.78 Å². The van der Waals surface area contributed by atoms with E-state index in [1.165, 1.54) is 7.11 Å². The van der Waals surface area contributed by atoms with E-state index < -0.39 is 12.3 Å². The molecule has 2 unspecified atom stereocenters. The Hall–Kier alpha value is -3.73. The summed E-state index contributed by atoms with van der Waals surface area (Å²) in [7, 11) is 1.37. The zero-order chi connectivity index (χ0) is 27.5. The number of benzene rings is 1. The maximum atomic E-state index is 12.1. The third-order valence-electron chi connectivity index (χ3n) is 7.44. The molecule has 2 aromatic heterocycles. The highest BCUT2D eigenvalue weighted by Crippen LogP contribution is 2.45. The molecule has 0 spiro atoms. The molecule has 6 rings (SSSR count). The van der Waals surface area contributed by atoms with Crippen molar-refractivity contribution in [3.05, 3.63) is 59.1 Å². The summed E-state index contributed by atoms with van der Waals surface area (Å²) >= 11 is 0. The van der Waals surface area contributed by atoms with Crippen molar-refractivity contribution in [2.45, 2.75) is 76.2 Å². The highest BCUT2D eigenvalue weighted by atomic mass is 19.3. The SMILES string of the molecule is COC(=O)c1cc(C)nc(N2C3CC[C@H]2CC(OCc2c(-c4ccccc4)noc2C2CC2)C3)n1.O=C(F)F. The van der Waals surface area contributed by atoms with Crippen LogP contribution in [0.1, 0.15) is 71.9 Å². The van der Waals surface area contributed by atoms with Crippen LogP contribution in [0.15, 0.2) is 40.9 Å². The fourth-order valence-electron chi connectivity index (χ4n) is 5.62. The van der Waals surface area contributed by atoms with E-state index in [-0.39, 0.29) is 6.10 Å². The van der Waals surface area contributed by atoms with Crippen LogP contribution < -0.4 is 4.90 Å². The molecule has 206 valence electrons. The van der Waals surface area contributed by atoms with Gasteiger partial charge in [-0.05, 0) is 51.5 Å². The number of anilines is 1. The van der Waals surface area contributed by atoms with Crippen molar-refractivity contribution in [2.24, 2.45) is 0 Å². The summed E-state index contributed by atoms with van der Waals surface area (Å²) in [4.78, 5) is 31.7. The minimum absolute atomic E-state index is 0.152. The van der Waals surface area contributed by atoms with Gasteiger partial charge in [0, 0.05) is 34.8 Å². The number of ether oxygens (including phenoxy) is 2. The summed E-state index contributed by atoms with van der Waals surface area (Å²) in [5.74, 6) is 1.65. The van der Waals surface area contributed by atoms with Crippen LogP contribution in [0.4, 0.5) is 19.5 Å². The van der Waals surface area contributed by atoms with Gasteiger partial charge in [-0.1, -0.05) is 35.5 Å². The average molecular weight is 541 g/mol. The number of hydrogen-bond acceptors (Lipinski definition) is 9. The van der Waals surface area contributed by atoms with Crippen molar-refractivity contribution < 1.29 is 32.4 Å². The van der Waals surface area contributed by atoms with E-state index in [0.29, 0.717) is 36.3 Å². The Bertz CT molecular complexity index is 1310. The van der Waals surface area contributed by atoms with E-state index in [1.807, 2.05) is 25.1 Å². The standard InChI is InChI=1S/C27H30N4O4.CF2O/c1-16-12-23(26(32)33-2)29-27(28-16)31-19-10-11-20(31)14-21(13-19)34-15-22-24(17-6-4-3-5-7-17)30-35-25(22)18-8-9-18;2-1(3)4/h3-7,12,18-21H,8-11,13-15H2,1-2H3;/t19-,20?,21?;/m0./s1. The second kappa shape index (κ2) is 11.6. The molecule has 3 aromatic rings. The van der Waals surface area contributed by atoms with Gasteiger partial charge in [0.1, 0.15) is 11.5 Å². The number of aryl methyl sites for hydroxylation is 1. The molecule has 2 saturated heterocycles. The molecular weight excluding hydrogens is 510 g/mol. The molecule has 1 saturated carbocycles. The second-order valence-electron chi connectivity index (χ2n) is 10.1. The fourth-order valence-corrected chi connectivity index (χ4v) is 5.62. The lowest BCUT2D eigenvalue weighted by Crippen LogP contribution is -2.46. The predicted octanol–water partition coefficient (Wildman–Crippen LogP) is 5.87. The van der Waals surface area contributed by atoms with Gasteiger partial charge >= 0.3 is 12.3 Å². The molecule has 11 heteroatoms. The first-order valence-corrected chi connectivity index (χ1v) is 13.1. The highest BCUT2D eigenvalue weighted by Gasteiger charge is 2.43. The maximum Gasteiger partial charge on any atom is 0.483 e. The Balaban J connectivity index is 0.000000723.